The number of ketones is 1. The monoisotopic (exact) mass is 786 g/mol. The first-order chi connectivity index (χ1) is 25.0. The summed E-state index contributed by atoms with van der Waals surface area (Å²) in [6, 6.07) is -2.82. The average Bonchev–Trinajstić information content (AvgIpc) is 3.05. The Bertz CT molecular complexity index is 1260. The van der Waals surface area contributed by atoms with Crippen molar-refractivity contribution in [2.24, 2.45) is 16.6 Å². The van der Waals surface area contributed by atoms with Crippen LogP contribution in [0.3, 0.4) is 0 Å². The number of amides is 3. The molecule has 0 heterocycles. The lowest BCUT2D eigenvalue weighted by atomic mass is 9.80. The molecule has 0 aromatic rings. The highest BCUT2D eigenvalue weighted by molar-refractivity contribution is 5.89. The van der Waals surface area contributed by atoms with Crippen molar-refractivity contribution < 1.29 is 48.5 Å². The van der Waals surface area contributed by atoms with Gasteiger partial charge < -0.3 is 46.7 Å². The van der Waals surface area contributed by atoms with Gasteiger partial charge in [-0.05, 0) is 114 Å². The van der Waals surface area contributed by atoms with E-state index in [4.69, 9.17) is 15.2 Å². The third kappa shape index (κ3) is 22.9. The Morgan fingerprint density at radius 3 is 1.76 bits per heavy atom. The van der Waals surface area contributed by atoms with E-state index in [9.17, 15) is 39.0 Å². The Morgan fingerprint density at radius 1 is 0.673 bits per heavy atom. The first kappa shape index (κ1) is 51.9. The average molecular weight is 786 g/mol. The molecule has 0 aliphatic rings. The van der Waals surface area contributed by atoms with Gasteiger partial charge >= 0.3 is 11.9 Å². The molecule has 0 fully saturated rings. The number of unbranched alkanes of at least 4 members (excludes halogenated alkanes) is 1. The molecule has 0 spiro atoms. The zero-order chi connectivity index (χ0) is 42.8. The third-order valence-corrected chi connectivity index (χ3v) is 9.71. The molecule has 0 aliphatic heterocycles. The van der Waals surface area contributed by atoms with Crippen LogP contribution in [0.2, 0.25) is 0 Å². The van der Waals surface area contributed by atoms with E-state index in [1.165, 1.54) is 13.8 Å². The maximum absolute atomic E-state index is 13.2. The zero-order valence-electron chi connectivity index (χ0n) is 35.9. The van der Waals surface area contributed by atoms with Gasteiger partial charge in [-0.1, -0.05) is 20.8 Å². The summed E-state index contributed by atoms with van der Waals surface area (Å²) in [6.07, 6.45) is 3.97. The molecule has 0 rings (SSSR count). The van der Waals surface area contributed by atoms with Crippen molar-refractivity contribution in [1.82, 2.24) is 21.3 Å². The second-order valence-corrected chi connectivity index (χ2v) is 18.1. The smallest absolute Gasteiger partial charge is 0.326 e. The first-order valence-electron chi connectivity index (χ1n) is 19.7. The molecule has 55 heavy (non-hydrogen) atoms. The molecule has 0 bridgehead atoms. The van der Waals surface area contributed by atoms with E-state index in [1.54, 1.807) is 0 Å². The molecule has 8 N–H and O–H groups in total. The number of carboxylic acids is 2. The fourth-order valence-corrected chi connectivity index (χ4v) is 5.51. The normalized spacial score (nSPS) is 14.4. The van der Waals surface area contributed by atoms with Crippen LogP contribution < -0.4 is 27.0 Å². The van der Waals surface area contributed by atoms with Crippen LogP contribution in [0.15, 0.2) is 0 Å². The standard InChI is InChI=1S/C40H75N5O10/c1-13-37(5,6)32(48)28(45-36(2,3)4)16-14-15-22-42-31(47)19-20-39(9,10)54-24-21-40(11,12)55-25-23-43-30(46)18-17-29(34(50)51)44-33(49)27(41)26-38(7,8)35(52)53/h27-29,45H,13-26,41H2,1-12H3,(H,42,47)(H,43,46)(H,44,49)(H,50,51)(H,52,53)/t27?,28-,29+/m1/s1. The van der Waals surface area contributed by atoms with Crippen LogP contribution in [0.4, 0.5) is 0 Å². The molecule has 0 saturated carbocycles. The summed E-state index contributed by atoms with van der Waals surface area (Å²) in [6.45, 7) is 24.1. The van der Waals surface area contributed by atoms with Crippen molar-refractivity contribution in [3.05, 3.63) is 0 Å². The second kappa shape index (κ2) is 23.2. The van der Waals surface area contributed by atoms with E-state index in [0.29, 0.717) is 32.4 Å². The number of aliphatic carboxylic acids is 2. The molecule has 320 valence electrons. The van der Waals surface area contributed by atoms with Gasteiger partial charge in [-0.2, -0.15) is 0 Å². The van der Waals surface area contributed by atoms with E-state index in [1.807, 2.05) is 48.5 Å². The third-order valence-electron chi connectivity index (χ3n) is 9.71. The van der Waals surface area contributed by atoms with Crippen molar-refractivity contribution in [2.45, 2.75) is 182 Å². The Hall–Kier alpha value is -3.14. The van der Waals surface area contributed by atoms with Crippen molar-refractivity contribution >= 4 is 35.4 Å². The molecule has 1 unspecified atom stereocenters. The minimum absolute atomic E-state index is 0.0421. The highest BCUT2D eigenvalue weighted by Crippen LogP contribution is 2.26. The van der Waals surface area contributed by atoms with Gasteiger partial charge in [0.25, 0.3) is 0 Å². The number of carbonyl (C=O) groups excluding carboxylic acids is 4. The lowest BCUT2D eigenvalue weighted by molar-refractivity contribution is -0.148. The number of ether oxygens (including phenoxy) is 2. The first-order valence-corrected chi connectivity index (χ1v) is 19.7. The molecule has 0 radical (unpaired) electrons. The van der Waals surface area contributed by atoms with Gasteiger partial charge in [-0.25, -0.2) is 4.79 Å². The zero-order valence-corrected chi connectivity index (χ0v) is 35.9. The molecular weight excluding hydrogens is 710 g/mol. The topological polar surface area (TPSA) is 235 Å². The molecule has 3 atom stereocenters. The Kier molecular flexibility index (Phi) is 21.9. The predicted octanol–water partition coefficient (Wildman–Crippen LogP) is 4.09. The Morgan fingerprint density at radius 2 is 1.22 bits per heavy atom. The summed E-state index contributed by atoms with van der Waals surface area (Å²) >= 11 is 0. The maximum atomic E-state index is 13.2. The van der Waals surface area contributed by atoms with E-state index in [-0.39, 0.29) is 61.1 Å². The second-order valence-electron chi connectivity index (χ2n) is 18.1. The predicted molar refractivity (Wildman–Crippen MR) is 212 cm³/mol. The number of nitrogens with two attached hydrogens (primary N) is 1. The van der Waals surface area contributed by atoms with Crippen LogP contribution >= 0.6 is 0 Å². The van der Waals surface area contributed by atoms with Gasteiger partial charge in [0.1, 0.15) is 6.04 Å². The quantitative estimate of drug-likeness (QED) is 0.0532. The van der Waals surface area contributed by atoms with E-state index >= 15 is 0 Å². The molecule has 3 amide bonds. The number of hydrogen-bond acceptors (Lipinski definition) is 10. The summed E-state index contributed by atoms with van der Waals surface area (Å²) < 4.78 is 12.0. The molecule has 0 aromatic carbocycles. The number of hydrogen-bond donors (Lipinski definition) is 7. The van der Waals surface area contributed by atoms with Gasteiger partial charge in [0.15, 0.2) is 5.78 Å². The summed E-state index contributed by atoms with van der Waals surface area (Å²) in [4.78, 5) is 73.5. The molecule has 0 aliphatic carbocycles. The Balaban J connectivity index is 4.48. The van der Waals surface area contributed by atoms with E-state index in [0.717, 1.165) is 25.7 Å². The van der Waals surface area contributed by atoms with Crippen molar-refractivity contribution in [3.8, 4) is 0 Å². The van der Waals surface area contributed by atoms with E-state index in [2.05, 4.69) is 42.0 Å². The number of rotatable bonds is 29. The summed E-state index contributed by atoms with van der Waals surface area (Å²) in [5, 5.41) is 30.2. The molecule has 0 saturated heterocycles. The summed E-state index contributed by atoms with van der Waals surface area (Å²) in [5.41, 5.74) is 2.86. The van der Waals surface area contributed by atoms with Crippen LogP contribution in [0, 0.1) is 10.8 Å². The number of carbonyl (C=O) groups is 6. The molecule has 15 heteroatoms. The number of nitrogens with one attached hydrogen (secondary N) is 4. The van der Waals surface area contributed by atoms with Crippen LogP contribution in [0.5, 0.6) is 0 Å². The van der Waals surface area contributed by atoms with Crippen LogP contribution in [0.25, 0.3) is 0 Å². The van der Waals surface area contributed by atoms with Gasteiger partial charge in [0.05, 0.1) is 41.9 Å². The summed E-state index contributed by atoms with van der Waals surface area (Å²) in [5.74, 6) is -3.51. The highest BCUT2D eigenvalue weighted by atomic mass is 16.5. The molecule has 0 aromatic heterocycles. The van der Waals surface area contributed by atoms with Gasteiger partial charge in [0, 0.05) is 36.9 Å². The lowest BCUT2D eigenvalue weighted by Crippen LogP contribution is -2.51. The van der Waals surface area contributed by atoms with Crippen molar-refractivity contribution in [1.29, 1.82) is 0 Å². The fourth-order valence-electron chi connectivity index (χ4n) is 5.51. The van der Waals surface area contributed by atoms with Crippen LogP contribution in [-0.2, 0) is 38.2 Å². The minimum atomic E-state index is -1.37. The van der Waals surface area contributed by atoms with Crippen LogP contribution in [0.1, 0.15) is 147 Å². The SMILES string of the molecule is CCC(C)(C)C(=O)[C@@H](CCCCNC(=O)CCC(C)(C)OCCC(C)(C)OCCNC(=O)CC[C@H](NC(=O)C(N)CC(C)(C)C(=O)O)C(=O)O)NC(C)(C)C. The largest absolute Gasteiger partial charge is 0.481 e. The fraction of sp³-hybridized carbons (Fsp3) is 0.850. The van der Waals surface area contributed by atoms with Gasteiger partial charge in [-0.15, -0.1) is 0 Å². The Labute approximate surface area is 329 Å². The minimum Gasteiger partial charge on any atom is -0.481 e. The highest BCUT2D eigenvalue weighted by Gasteiger charge is 2.35. The lowest BCUT2D eigenvalue weighted by Gasteiger charge is -2.33. The summed E-state index contributed by atoms with van der Waals surface area (Å²) in [7, 11) is 0. The van der Waals surface area contributed by atoms with Crippen molar-refractivity contribution in [3.63, 3.8) is 0 Å². The van der Waals surface area contributed by atoms with E-state index < -0.39 is 52.5 Å². The molecular formula is C40H75N5O10. The number of carboxylic acid groups (broad SMARTS) is 2. The van der Waals surface area contributed by atoms with Crippen molar-refractivity contribution in [2.75, 3.05) is 26.3 Å². The molecule has 15 nitrogen and oxygen atoms in total. The van der Waals surface area contributed by atoms with Gasteiger partial charge in [0.2, 0.25) is 17.7 Å². The number of Topliss-reactive ketones (excluding diaryl/α,β-unsaturated/α-hetero) is 1. The van der Waals surface area contributed by atoms with Crippen LogP contribution in [-0.4, -0.2) is 107 Å². The maximum Gasteiger partial charge on any atom is 0.326 e. The van der Waals surface area contributed by atoms with Gasteiger partial charge in [-0.3, -0.25) is 24.0 Å².